The summed E-state index contributed by atoms with van der Waals surface area (Å²) < 4.78 is 1.44. The molecule has 1 aliphatic heterocycles. The van der Waals surface area contributed by atoms with Gasteiger partial charge in [-0.05, 0) is 18.6 Å². The summed E-state index contributed by atoms with van der Waals surface area (Å²) in [5.74, 6) is 0.156. The van der Waals surface area contributed by atoms with Gasteiger partial charge in [0.05, 0.1) is 16.8 Å². The van der Waals surface area contributed by atoms with Gasteiger partial charge in [0.25, 0.3) is 5.56 Å². The van der Waals surface area contributed by atoms with Gasteiger partial charge in [-0.2, -0.15) is 0 Å². The molecule has 0 unspecified atom stereocenters. The van der Waals surface area contributed by atoms with E-state index in [1.54, 1.807) is 23.2 Å². The lowest BCUT2D eigenvalue weighted by Crippen LogP contribution is -2.55. The Balaban J connectivity index is 1.87. The first-order valence-electron chi connectivity index (χ1n) is 8.66. The van der Waals surface area contributed by atoms with Gasteiger partial charge < -0.3 is 4.90 Å². The number of nitrogens with zero attached hydrogens (tertiary/aromatic N) is 4. The molecule has 2 aromatic rings. The van der Waals surface area contributed by atoms with Crippen LogP contribution < -0.4 is 5.56 Å². The van der Waals surface area contributed by atoms with E-state index in [-0.39, 0.29) is 17.5 Å². The highest BCUT2D eigenvalue weighted by Gasteiger charge is 2.32. The van der Waals surface area contributed by atoms with Gasteiger partial charge in [-0.25, -0.2) is 4.98 Å². The number of pyridine rings is 1. The molecule has 0 aromatic carbocycles. The highest BCUT2D eigenvalue weighted by Crippen LogP contribution is 2.18. The summed E-state index contributed by atoms with van der Waals surface area (Å²) in [7, 11) is 1.85. The number of unbranched alkanes of at least 4 members (excludes halogenated alkanes) is 1. The Morgan fingerprint density at radius 2 is 2.08 bits per heavy atom. The van der Waals surface area contributed by atoms with Gasteiger partial charge in [0, 0.05) is 38.9 Å². The number of rotatable bonds is 5. The maximum atomic E-state index is 12.5. The fourth-order valence-corrected chi connectivity index (χ4v) is 3.42. The molecule has 1 atom stereocenters. The van der Waals surface area contributed by atoms with E-state index in [1.807, 2.05) is 7.05 Å². The molecule has 0 radical (unpaired) electrons. The number of hydrogen-bond acceptors (Lipinski definition) is 4. The van der Waals surface area contributed by atoms with Crippen LogP contribution in [0.1, 0.15) is 31.9 Å². The monoisotopic (exact) mass is 362 g/mol. The maximum absolute atomic E-state index is 12.5. The minimum Gasteiger partial charge on any atom is -0.343 e. The van der Waals surface area contributed by atoms with Crippen molar-refractivity contribution in [2.45, 2.75) is 38.8 Å². The van der Waals surface area contributed by atoms with E-state index in [2.05, 4.69) is 16.8 Å². The van der Waals surface area contributed by atoms with Crippen LogP contribution in [0.2, 0.25) is 5.02 Å². The lowest BCUT2D eigenvalue weighted by molar-refractivity contribution is -0.140. The van der Waals surface area contributed by atoms with Crippen LogP contribution in [0.4, 0.5) is 0 Å². The molecular weight excluding hydrogens is 340 g/mol. The van der Waals surface area contributed by atoms with Gasteiger partial charge in [0.2, 0.25) is 5.91 Å². The van der Waals surface area contributed by atoms with Crippen LogP contribution >= 0.6 is 11.6 Å². The van der Waals surface area contributed by atoms with Crippen LogP contribution in [0, 0.1) is 0 Å². The lowest BCUT2D eigenvalue weighted by atomic mass is 10.0. The third kappa shape index (κ3) is 3.85. The topological polar surface area (TPSA) is 57.9 Å². The first-order chi connectivity index (χ1) is 12.0. The largest absolute Gasteiger partial charge is 0.343 e. The normalized spacial score (nSPS) is 18.9. The van der Waals surface area contributed by atoms with Crippen LogP contribution in [0.25, 0.3) is 5.65 Å². The van der Waals surface area contributed by atoms with Crippen LogP contribution in [-0.4, -0.2) is 51.3 Å². The minimum atomic E-state index is -0.159. The summed E-state index contributed by atoms with van der Waals surface area (Å²) in [6.07, 6.45) is 4.46. The zero-order valence-electron chi connectivity index (χ0n) is 14.6. The molecule has 0 aliphatic carbocycles. The average molecular weight is 363 g/mol. The van der Waals surface area contributed by atoms with Crippen LogP contribution in [0.3, 0.4) is 0 Å². The second-order valence-corrected chi connectivity index (χ2v) is 6.99. The molecule has 7 heteroatoms. The fraction of sp³-hybridized carbons (Fsp3) is 0.500. The Bertz CT molecular complexity index is 835. The van der Waals surface area contributed by atoms with Crippen LogP contribution in [0.5, 0.6) is 0 Å². The van der Waals surface area contributed by atoms with Gasteiger partial charge in [-0.3, -0.25) is 18.9 Å². The van der Waals surface area contributed by atoms with E-state index in [4.69, 9.17) is 11.6 Å². The van der Waals surface area contributed by atoms with Crippen molar-refractivity contribution in [3.63, 3.8) is 0 Å². The summed E-state index contributed by atoms with van der Waals surface area (Å²) in [5, 5.41) is 0.494. The van der Waals surface area contributed by atoms with E-state index in [0.717, 1.165) is 25.8 Å². The number of aromatic nitrogens is 2. The third-order valence-electron chi connectivity index (χ3n) is 4.70. The smallest absolute Gasteiger partial charge is 0.258 e. The summed E-state index contributed by atoms with van der Waals surface area (Å²) in [5.41, 5.74) is 1.09. The Hall–Kier alpha value is -1.92. The predicted molar refractivity (Wildman–Crippen MR) is 97.8 cm³/mol. The number of amides is 1. The molecule has 1 amide bonds. The van der Waals surface area contributed by atoms with Crippen LogP contribution in [0.15, 0.2) is 29.2 Å². The van der Waals surface area contributed by atoms with Crippen molar-refractivity contribution in [1.29, 1.82) is 0 Å². The second kappa shape index (κ2) is 7.54. The molecule has 25 heavy (non-hydrogen) atoms. The number of carbonyl (C=O) groups excluding carboxylic acids is 1. The van der Waals surface area contributed by atoms with E-state index in [9.17, 15) is 9.59 Å². The molecule has 0 N–H and O–H groups in total. The van der Waals surface area contributed by atoms with Crippen LogP contribution in [-0.2, 0) is 11.3 Å². The van der Waals surface area contributed by atoms with Gasteiger partial charge in [-0.1, -0.05) is 31.4 Å². The van der Waals surface area contributed by atoms with E-state index < -0.39 is 0 Å². The average Bonchev–Trinajstić information content (AvgIpc) is 2.58. The fourth-order valence-electron chi connectivity index (χ4n) is 3.26. The van der Waals surface area contributed by atoms with E-state index in [0.29, 0.717) is 29.5 Å². The number of piperazine rings is 1. The lowest BCUT2D eigenvalue weighted by Gasteiger charge is -2.39. The Kier molecular flexibility index (Phi) is 5.39. The highest BCUT2D eigenvalue weighted by molar-refractivity contribution is 6.30. The van der Waals surface area contributed by atoms with Crippen molar-refractivity contribution in [2.75, 3.05) is 20.1 Å². The zero-order chi connectivity index (χ0) is 18.0. The van der Waals surface area contributed by atoms with Crippen molar-refractivity contribution >= 4 is 23.2 Å². The molecule has 1 fully saturated rings. The SMILES string of the molecule is CCCC[C@@H]1C(=O)N(C)CCN1Cc1cc(=O)n2cc(Cl)ccc2n1. The zero-order valence-corrected chi connectivity index (χ0v) is 15.4. The first-order valence-corrected chi connectivity index (χ1v) is 9.04. The Morgan fingerprint density at radius 1 is 1.28 bits per heavy atom. The minimum absolute atomic E-state index is 0.135. The number of likely N-dealkylation sites (N-methyl/N-ethyl adjacent to an activating group) is 1. The number of carbonyl (C=O) groups is 1. The van der Waals surface area contributed by atoms with Crippen molar-refractivity contribution < 1.29 is 4.79 Å². The van der Waals surface area contributed by atoms with Gasteiger partial charge >= 0.3 is 0 Å². The molecule has 0 bridgehead atoms. The van der Waals surface area contributed by atoms with Crippen molar-refractivity contribution in [3.8, 4) is 0 Å². The second-order valence-electron chi connectivity index (χ2n) is 6.55. The predicted octanol–water partition coefficient (Wildman–Crippen LogP) is 2.18. The molecule has 2 aromatic heterocycles. The van der Waals surface area contributed by atoms with Crippen molar-refractivity contribution in [2.24, 2.45) is 0 Å². The molecule has 6 nitrogen and oxygen atoms in total. The van der Waals surface area contributed by atoms with Gasteiger partial charge in [0.1, 0.15) is 5.65 Å². The summed E-state index contributed by atoms with van der Waals surface area (Å²) in [6.45, 7) is 4.11. The maximum Gasteiger partial charge on any atom is 0.258 e. The summed E-state index contributed by atoms with van der Waals surface area (Å²) in [4.78, 5) is 33.4. The number of halogens is 1. The first kappa shape index (κ1) is 17.9. The molecule has 0 saturated carbocycles. The molecule has 1 aliphatic rings. The van der Waals surface area contributed by atoms with Crippen molar-refractivity contribution in [3.05, 3.63) is 45.5 Å². The van der Waals surface area contributed by atoms with E-state index >= 15 is 0 Å². The standard InChI is InChI=1S/C18H23ClN4O2/c1-3-4-5-15-18(25)21(2)8-9-22(15)12-14-10-17(24)23-11-13(19)6-7-16(23)20-14/h6-7,10-11,15H,3-5,8-9,12H2,1-2H3/t15-/m1/s1. The Morgan fingerprint density at radius 3 is 2.84 bits per heavy atom. The number of hydrogen-bond donors (Lipinski definition) is 0. The third-order valence-corrected chi connectivity index (χ3v) is 4.92. The molecule has 3 rings (SSSR count). The summed E-state index contributed by atoms with van der Waals surface area (Å²) in [6, 6.07) is 4.85. The summed E-state index contributed by atoms with van der Waals surface area (Å²) >= 11 is 5.95. The van der Waals surface area contributed by atoms with E-state index in [1.165, 1.54) is 10.5 Å². The molecule has 134 valence electrons. The van der Waals surface area contributed by atoms with Gasteiger partial charge in [-0.15, -0.1) is 0 Å². The molecular formula is C18H23ClN4O2. The highest BCUT2D eigenvalue weighted by atomic mass is 35.5. The number of fused-ring (bicyclic) bond motifs is 1. The quantitative estimate of drug-likeness (QED) is 0.818. The van der Waals surface area contributed by atoms with Crippen molar-refractivity contribution in [1.82, 2.24) is 19.2 Å². The molecule has 1 saturated heterocycles. The molecule has 3 heterocycles. The van der Waals surface area contributed by atoms with Gasteiger partial charge in [0.15, 0.2) is 0 Å². The molecule has 0 spiro atoms. The Labute approximate surface area is 152 Å².